The molecule has 0 aliphatic heterocycles. The Kier molecular flexibility index (Phi) is 6.50. The summed E-state index contributed by atoms with van der Waals surface area (Å²) >= 11 is 0. The first-order valence-corrected chi connectivity index (χ1v) is 11.6. The molecule has 3 aliphatic rings. The van der Waals surface area contributed by atoms with Crippen molar-refractivity contribution in [3.63, 3.8) is 0 Å². The number of fused-ring (bicyclic) bond motifs is 1. The molecule has 0 spiro atoms. The zero-order valence-electron chi connectivity index (χ0n) is 19.3. The molecule has 4 nitrogen and oxygen atoms in total. The van der Waals surface area contributed by atoms with Gasteiger partial charge in [-0.05, 0) is 86.9 Å². The summed E-state index contributed by atoms with van der Waals surface area (Å²) in [5.74, 6) is 1.12. The van der Waals surface area contributed by atoms with Crippen molar-refractivity contribution in [2.45, 2.75) is 105 Å². The Morgan fingerprint density at radius 1 is 1.07 bits per heavy atom. The lowest BCUT2D eigenvalue weighted by Crippen LogP contribution is -2.52. The monoisotopic (exact) mass is 404 g/mol. The first kappa shape index (κ1) is 22.4. The molecule has 0 bridgehead atoms. The van der Waals surface area contributed by atoms with Gasteiger partial charge < -0.3 is 9.47 Å². The minimum Gasteiger partial charge on any atom is -0.463 e. The Hall–Kier alpha value is -1.32. The molecule has 2 fully saturated rings. The maximum Gasteiger partial charge on any atom is 0.302 e. The van der Waals surface area contributed by atoms with E-state index in [1.54, 1.807) is 5.57 Å². The van der Waals surface area contributed by atoms with Crippen LogP contribution in [0.15, 0.2) is 11.6 Å². The average molecular weight is 405 g/mol. The normalized spacial score (nSPS) is 42.4. The topological polar surface area (TPSA) is 52.6 Å². The third-order valence-electron chi connectivity index (χ3n) is 8.81. The number of carbonyl (C=O) groups is 2. The fourth-order valence-corrected chi connectivity index (χ4v) is 6.94. The van der Waals surface area contributed by atoms with Gasteiger partial charge in [0.1, 0.15) is 12.2 Å². The van der Waals surface area contributed by atoms with Crippen molar-refractivity contribution in [2.75, 3.05) is 0 Å². The van der Waals surface area contributed by atoms with Crippen molar-refractivity contribution in [3.8, 4) is 0 Å². The van der Waals surface area contributed by atoms with E-state index in [-0.39, 0.29) is 40.9 Å². The average Bonchev–Trinajstić information content (AvgIpc) is 2.62. The molecule has 0 aromatic heterocycles. The molecule has 4 heteroatoms. The van der Waals surface area contributed by atoms with Gasteiger partial charge >= 0.3 is 11.9 Å². The molecule has 29 heavy (non-hydrogen) atoms. The molecule has 0 aromatic carbocycles. The van der Waals surface area contributed by atoms with Gasteiger partial charge in [0.15, 0.2) is 0 Å². The summed E-state index contributed by atoms with van der Waals surface area (Å²) in [5, 5.41) is 0. The van der Waals surface area contributed by atoms with Gasteiger partial charge in [-0.3, -0.25) is 9.59 Å². The summed E-state index contributed by atoms with van der Waals surface area (Å²) in [7, 11) is 0. The second-order valence-electron chi connectivity index (χ2n) is 10.5. The quantitative estimate of drug-likeness (QED) is 0.436. The van der Waals surface area contributed by atoms with Crippen LogP contribution in [0, 0.1) is 28.6 Å². The van der Waals surface area contributed by atoms with E-state index < -0.39 is 0 Å². The van der Waals surface area contributed by atoms with Gasteiger partial charge in [-0.1, -0.05) is 32.4 Å². The molecule has 0 aromatic rings. The highest BCUT2D eigenvalue weighted by Gasteiger charge is 2.54. The number of ether oxygens (including phenoxy) is 2. The van der Waals surface area contributed by atoms with Crippen molar-refractivity contribution in [3.05, 3.63) is 11.6 Å². The second kappa shape index (κ2) is 8.43. The van der Waals surface area contributed by atoms with Crippen LogP contribution in [0.5, 0.6) is 0 Å². The maximum absolute atomic E-state index is 11.8. The minimum absolute atomic E-state index is 0.0498. The van der Waals surface area contributed by atoms with Crippen LogP contribution in [0.3, 0.4) is 0 Å². The van der Waals surface area contributed by atoms with Crippen LogP contribution in [-0.2, 0) is 19.1 Å². The number of allylic oxidation sites excluding steroid dienone is 2. The summed E-state index contributed by atoms with van der Waals surface area (Å²) < 4.78 is 11.3. The van der Waals surface area contributed by atoms with E-state index >= 15 is 0 Å². The van der Waals surface area contributed by atoms with Crippen molar-refractivity contribution in [2.24, 2.45) is 28.6 Å². The van der Waals surface area contributed by atoms with Gasteiger partial charge in [0.05, 0.1) is 0 Å². The molecule has 0 saturated heterocycles. The highest BCUT2D eigenvalue weighted by Crippen LogP contribution is 2.62. The fourth-order valence-electron chi connectivity index (χ4n) is 6.94. The Balaban J connectivity index is 1.86. The predicted octanol–water partition coefficient (Wildman–Crippen LogP) is 5.84. The smallest absolute Gasteiger partial charge is 0.302 e. The van der Waals surface area contributed by atoms with E-state index in [1.165, 1.54) is 39.5 Å². The SMILES string of the molecule is CC(=O)O[C@@H]1CC[C@H](OC(C)=O)[C@H](C[C@]2(C)[C@H]3CCC=C(C)[C@@]3(C)CC[C@@H]2C)C1. The third kappa shape index (κ3) is 4.41. The van der Waals surface area contributed by atoms with E-state index in [2.05, 4.69) is 33.8 Å². The summed E-state index contributed by atoms with van der Waals surface area (Å²) in [4.78, 5) is 23.3. The lowest BCUT2D eigenvalue weighted by Gasteiger charge is -2.59. The fraction of sp³-hybridized carbons (Fsp3) is 0.840. The van der Waals surface area contributed by atoms with Gasteiger partial charge in [-0.2, -0.15) is 0 Å². The van der Waals surface area contributed by atoms with Crippen LogP contribution >= 0.6 is 0 Å². The van der Waals surface area contributed by atoms with Crippen molar-refractivity contribution in [1.82, 2.24) is 0 Å². The highest BCUT2D eigenvalue weighted by molar-refractivity contribution is 5.66. The van der Waals surface area contributed by atoms with Crippen molar-refractivity contribution >= 4 is 11.9 Å². The summed E-state index contributed by atoms with van der Waals surface area (Å²) in [5.41, 5.74) is 2.04. The summed E-state index contributed by atoms with van der Waals surface area (Å²) in [6, 6.07) is 0. The second-order valence-corrected chi connectivity index (χ2v) is 10.5. The van der Waals surface area contributed by atoms with Gasteiger partial charge in [-0.15, -0.1) is 0 Å². The molecular weight excluding hydrogens is 364 g/mol. The van der Waals surface area contributed by atoms with E-state index in [9.17, 15) is 9.59 Å². The van der Waals surface area contributed by atoms with Crippen LogP contribution in [0.4, 0.5) is 0 Å². The first-order chi connectivity index (χ1) is 13.6. The Morgan fingerprint density at radius 3 is 2.41 bits per heavy atom. The largest absolute Gasteiger partial charge is 0.463 e. The first-order valence-electron chi connectivity index (χ1n) is 11.6. The zero-order chi connectivity index (χ0) is 21.4. The van der Waals surface area contributed by atoms with E-state index in [4.69, 9.17) is 9.47 Å². The molecule has 0 N–H and O–H groups in total. The third-order valence-corrected chi connectivity index (χ3v) is 8.81. The van der Waals surface area contributed by atoms with Crippen molar-refractivity contribution in [1.29, 1.82) is 0 Å². The van der Waals surface area contributed by atoms with Crippen molar-refractivity contribution < 1.29 is 19.1 Å². The molecule has 2 saturated carbocycles. The van der Waals surface area contributed by atoms with E-state index in [1.807, 2.05) is 0 Å². The van der Waals surface area contributed by atoms with Gasteiger partial charge in [-0.25, -0.2) is 0 Å². The van der Waals surface area contributed by atoms with Gasteiger partial charge in [0.25, 0.3) is 0 Å². The zero-order valence-corrected chi connectivity index (χ0v) is 19.3. The van der Waals surface area contributed by atoms with Gasteiger partial charge in [0, 0.05) is 13.8 Å². The lowest BCUT2D eigenvalue weighted by molar-refractivity contribution is -0.163. The molecule has 3 rings (SSSR count). The molecule has 0 unspecified atom stereocenters. The standard InChI is InChI=1S/C25H40O4/c1-16-8-7-9-23-24(16,5)13-12-17(2)25(23,6)15-20-14-21(28-18(3)26)10-11-22(20)29-19(4)27/h8,17,20-23H,7,9-15H2,1-6H3/t17-,20-,21+,22-,23-,24+,25-/m0/s1. The van der Waals surface area contributed by atoms with Crippen LogP contribution in [-0.4, -0.2) is 24.1 Å². The van der Waals surface area contributed by atoms with Crippen LogP contribution in [0.25, 0.3) is 0 Å². The molecule has 3 aliphatic carbocycles. The molecule has 7 atom stereocenters. The highest BCUT2D eigenvalue weighted by atomic mass is 16.6. The predicted molar refractivity (Wildman–Crippen MR) is 114 cm³/mol. The molecular formula is C25H40O4. The van der Waals surface area contributed by atoms with E-state index in [0.29, 0.717) is 11.8 Å². The van der Waals surface area contributed by atoms with Crippen LogP contribution in [0.2, 0.25) is 0 Å². The summed E-state index contributed by atoms with van der Waals surface area (Å²) in [6.07, 6.45) is 10.7. The molecule has 0 radical (unpaired) electrons. The van der Waals surface area contributed by atoms with Crippen LogP contribution in [0.1, 0.15) is 92.9 Å². The molecule has 0 amide bonds. The number of rotatable bonds is 4. The summed E-state index contributed by atoms with van der Waals surface area (Å²) in [6.45, 7) is 12.7. The lowest BCUT2D eigenvalue weighted by atomic mass is 9.46. The Labute approximate surface area is 176 Å². The maximum atomic E-state index is 11.8. The number of hydrogen-bond acceptors (Lipinski definition) is 4. The Bertz CT molecular complexity index is 668. The number of hydrogen-bond donors (Lipinski definition) is 0. The molecule has 164 valence electrons. The number of esters is 2. The molecule has 0 heterocycles. The number of carbonyl (C=O) groups excluding carboxylic acids is 2. The van der Waals surface area contributed by atoms with E-state index in [0.717, 1.165) is 25.7 Å². The minimum atomic E-state index is -0.211. The van der Waals surface area contributed by atoms with Gasteiger partial charge in [0.2, 0.25) is 0 Å². The van der Waals surface area contributed by atoms with Crippen LogP contribution < -0.4 is 0 Å². The Morgan fingerprint density at radius 2 is 1.76 bits per heavy atom.